The molecule has 1 aromatic carbocycles. The first kappa shape index (κ1) is 13.1. The molecule has 0 saturated heterocycles. The van der Waals surface area contributed by atoms with Gasteiger partial charge in [-0.15, -0.1) is 11.3 Å². The molecule has 0 saturated carbocycles. The third-order valence-electron chi connectivity index (χ3n) is 2.14. The first-order chi connectivity index (χ1) is 7.99. The van der Waals surface area contributed by atoms with Crippen LogP contribution in [-0.4, -0.2) is 5.78 Å². The van der Waals surface area contributed by atoms with Gasteiger partial charge >= 0.3 is 0 Å². The van der Waals surface area contributed by atoms with E-state index in [-0.39, 0.29) is 5.78 Å². The SMILES string of the molecule is Nc1ccc(Cl)c(C(=O)c2cc(Br)sc2Br)c1. The molecule has 2 nitrogen and oxygen atoms in total. The molecule has 0 radical (unpaired) electrons. The fourth-order valence-electron chi connectivity index (χ4n) is 1.36. The second kappa shape index (κ2) is 5.10. The number of carbonyl (C=O) groups is 1. The van der Waals surface area contributed by atoms with Crippen molar-refractivity contribution >= 4 is 66.3 Å². The zero-order valence-corrected chi connectivity index (χ0v) is 13.1. The van der Waals surface area contributed by atoms with E-state index in [0.29, 0.717) is 21.8 Å². The molecule has 0 aliphatic carbocycles. The summed E-state index contributed by atoms with van der Waals surface area (Å²) >= 11 is 14.1. The van der Waals surface area contributed by atoms with E-state index in [1.54, 1.807) is 24.3 Å². The Bertz CT molecular complexity index is 597. The van der Waals surface area contributed by atoms with E-state index in [1.165, 1.54) is 11.3 Å². The van der Waals surface area contributed by atoms with Gasteiger partial charge in [0.15, 0.2) is 5.78 Å². The highest BCUT2D eigenvalue weighted by Crippen LogP contribution is 2.34. The van der Waals surface area contributed by atoms with E-state index in [1.807, 2.05) is 0 Å². The van der Waals surface area contributed by atoms with Gasteiger partial charge in [0.1, 0.15) is 0 Å². The standard InChI is InChI=1S/C11H6Br2ClNOS/c12-9-4-7(11(13)17-9)10(16)6-3-5(15)1-2-8(6)14/h1-4H,15H2. The molecule has 2 N–H and O–H groups in total. The second-order valence-corrected chi connectivity index (χ2v) is 7.46. The van der Waals surface area contributed by atoms with Gasteiger partial charge < -0.3 is 5.73 Å². The maximum absolute atomic E-state index is 12.3. The van der Waals surface area contributed by atoms with Crippen LogP contribution in [-0.2, 0) is 0 Å². The lowest BCUT2D eigenvalue weighted by atomic mass is 10.1. The van der Waals surface area contributed by atoms with Crippen molar-refractivity contribution in [3.8, 4) is 0 Å². The van der Waals surface area contributed by atoms with Crippen LogP contribution in [0.4, 0.5) is 5.69 Å². The average molecular weight is 396 g/mol. The minimum Gasteiger partial charge on any atom is -0.399 e. The molecule has 1 heterocycles. The van der Waals surface area contributed by atoms with Crippen LogP contribution >= 0.6 is 54.8 Å². The van der Waals surface area contributed by atoms with Crippen molar-refractivity contribution in [3.63, 3.8) is 0 Å². The number of ketones is 1. The molecule has 0 atom stereocenters. The van der Waals surface area contributed by atoms with E-state index in [9.17, 15) is 4.79 Å². The monoisotopic (exact) mass is 393 g/mol. The van der Waals surface area contributed by atoms with Gasteiger partial charge in [-0.2, -0.15) is 0 Å². The van der Waals surface area contributed by atoms with Crippen molar-refractivity contribution in [1.82, 2.24) is 0 Å². The summed E-state index contributed by atoms with van der Waals surface area (Å²) in [5.74, 6) is -0.142. The lowest BCUT2D eigenvalue weighted by molar-refractivity contribution is 0.103. The average Bonchev–Trinajstić information content (AvgIpc) is 2.60. The quantitative estimate of drug-likeness (QED) is 0.590. The number of nitrogen functional groups attached to an aromatic ring is 1. The summed E-state index contributed by atoms with van der Waals surface area (Å²) in [5.41, 5.74) is 7.17. The van der Waals surface area contributed by atoms with Crippen LogP contribution in [0.5, 0.6) is 0 Å². The summed E-state index contributed by atoms with van der Waals surface area (Å²) in [6.07, 6.45) is 0. The molecule has 17 heavy (non-hydrogen) atoms. The Kier molecular flexibility index (Phi) is 3.92. The number of rotatable bonds is 2. The van der Waals surface area contributed by atoms with Gasteiger partial charge in [-0.1, -0.05) is 11.6 Å². The molecular formula is C11H6Br2ClNOS. The normalized spacial score (nSPS) is 10.5. The third kappa shape index (κ3) is 2.73. The maximum atomic E-state index is 12.3. The molecule has 0 amide bonds. The highest BCUT2D eigenvalue weighted by atomic mass is 79.9. The Labute approximate surface area is 124 Å². The van der Waals surface area contributed by atoms with E-state index < -0.39 is 0 Å². The maximum Gasteiger partial charge on any atom is 0.196 e. The van der Waals surface area contributed by atoms with Gasteiger partial charge in [0, 0.05) is 16.8 Å². The third-order valence-corrected chi connectivity index (χ3v) is 4.81. The summed E-state index contributed by atoms with van der Waals surface area (Å²) in [7, 11) is 0. The molecule has 0 fully saturated rings. The van der Waals surface area contributed by atoms with Crippen molar-refractivity contribution in [2.75, 3.05) is 5.73 Å². The van der Waals surface area contributed by atoms with Crippen molar-refractivity contribution in [2.24, 2.45) is 0 Å². The fourth-order valence-corrected chi connectivity index (χ4v) is 4.35. The fraction of sp³-hybridized carbons (Fsp3) is 0. The second-order valence-electron chi connectivity index (χ2n) is 3.31. The van der Waals surface area contributed by atoms with Crippen molar-refractivity contribution < 1.29 is 4.79 Å². The zero-order valence-electron chi connectivity index (χ0n) is 8.34. The highest BCUT2D eigenvalue weighted by Gasteiger charge is 2.18. The van der Waals surface area contributed by atoms with Crippen LogP contribution in [0.25, 0.3) is 0 Å². The molecule has 0 spiro atoms. The number of hydrogen-bond acceptors (Lipinski definition) is 3. The zero-order chi connectivity index (χ0) is 12.6. The smallest absolute Gasteiger partial charge is 0.196 e. The summed E-state index contributed by atoms with van der Waals surface area (Å²) in [5, 5.41) is 0.401. The van der Waals surface area contributed by atoms with Crippen LogP contribution in [0.3, 0.4) is 0 Å². The lowest BCUT2D eigenvalue weighted by Crippen LogP contribution is -2.02. The molecule has 88 valence electrons. The first-order valence-corrected chi connectivity index (χ1v) is 7.31. The summed E-state index contributed by atoms with van der Waals surface area (Å²) in [6, 6.07) is 6.64. The molecular weight excluding hydrogens is 389 g/mol. The van der Waals surface area contributed by atoms with Gasteiger partial charge in [-0.25, -0.2) is 0 Å². The lowest BCUT2D eigenvalue weighted by Gasteiger charge is -2.03. The van der Waals surface area contributed by atoms with E-state index in [2.05, 4.69) is 31.9 Å². The topological polar surface area (TPSA) is 43.1 Å². The minimum atomic E-state index is -0.142. The Hall–Kier alpha value is -0.360. The largest absolute Gasteiger partial charge is 0.399 e. The number of benzene rings is 1. The first-order valence-electron chi connectivity index (χ1n) is 4.53. The number of carbonyl (C=O) groups excluding carboxylic acids is 1. The van der Waals surface area contributed by atoms with E-state index >= 15 is 0 Å². The van der Waals surface area contributed by atoms with Crippen LogP contribution in [0.1, 0.15) is 15.9 Å². The number of halogens is 3. The Balaban J connectivity index is 2.50. The van der Waals surface area contributed by atoms with Gasteiger partial charge in [-0.05, 0) is 56.1 Å². The molecule has 0 unspecified atom stereocenters. The Morgan fingerprint density at radius 1 is 1.24 bits per heavy atom. The number of anilines is 1. The van der Waals surface area contributed by atoms with E-state index in [4.69, 9.17) is 17.3 Å². The van der Waals surface area contributed by atoms with Crippen molar-refractivity contribution in [1.29, 1.82) is 0 Å². The molecule has 0 aliphatic rings. The molecule has 2 aromatic rings. The summed E-state index contributed by atoms with van der Waals surface area (Å²) in [6.45, 7) is 0. The summed E-state index contributed by atoms with van der Waals surface area (Å²) in [4.78, 5) is 12.3. The molecule has 6 heteroatoms. The Morgan fingerprint density at radius 3 is 2.53 bits per heavy atom. The minimum absolute atomic E-state index is 0.142. The van der Waals surface area contributed by atoms with E-state index in [0.717, 1.165) is 7.57 Å². The molecule has 0 bridgehead atoms. The van der Waals surface area contributed by atoms with Crippen LogP contribution < -0.4 is 5.73 Å². The van der Waals surface area contributed by atoms with Crippen LogP contribution in [0.2, 0.25) is 5.02 Å². The highest BCUT2D eigenvalue weighted by molar-refractivity contribution is 9.12. The number of hydrogen-bond donors (Lipinski definition) is 1. The summed E-state index contributed by atoms with van der Waals surface area (Å²) < 4.78 is 1.65. The van der Waals surface area contributed by atoms with Gasteiger partial charge in [0.2, 0.25) is 0 Å². The van der Waals surface area contributed by atoms with Crippen molar-refractivity contribution in [2.45, 2.75) is 0 Å². The molecule has 0 aliphatic heterocycles. The number of thiophene rings is 1. The van der Waals surface area contributed by atoms with Crippen molar-refractivity contribution in [3.05, 3.63) is 48.0 Å². The van der Waals surface area contributed by atoms with Crippen LogP contribution in [0.15, 0.2) is 31.8 Å². The van der Waals surface area contributed by atoms with Gasteiger partial charge in [-0.3, -0.25) is 4.79 Å². The van der Waals surface area contributed by atoms with Crippen LogP contribution in [0, 0.1) is 0 Å². The molecule has 2 rings (SSSR count). The number of nitrogens with two attached hydrogens (primary N) is 1. The van der Waals surface area contributed by atoms with Gasteiger partial charge in [0.05, 0.1) is 12.6 Å². The predicted molar refractivity (Wildman–Crippen MR) is 79.0 cm³/mol. The Morgan fingerprint density at radius 2 is 1.94 bits per heavy atom. The predicted octanol–water partition coefficient (Wildman–Crippen LogP) is 4.74. The molecule has 1 aromatic heterocycles. The van der Waals surface area contributed by atoms with Gasteiger partial charge in [0.25, 0.3) is 0 Å².